The molecular weight excluding hydrogens is 277 g/mol. The number of halogens is 1. The molecule has 2 rings (SSSR count). The van der Waals surface area contributed by atoms with Crippen LogP contribution in [0.1, 0.15) is 38.5 Å². The number of benzene rings is 1. The normalized spacial score (nSPS) is 19.0. The van der Waals surface area contributed by atoms with E-state index in [2.05, 4.69) is 0 Å². The summed E-state index contributed by atoms with van der Waals surface area (Å²) in [4.78, 5) is 0.0368. The van der Waals surface area contributed by atoms with Gasteiger partial charge in [-0.05, 0) is 43.0 Å². The van der Waals surface area contributed by atoms with Gasteiger partial charge >= 0.3 is 0 Å². The van der Waals surface area contributed by atoms with Gasteiger partial charge in [-0.3, -0.25) is 0 Å². The Kier molecular flexibility index (Phi) is 4.77. The molecule has 0 spiro atoms. The average molecular weight is 295 g/mol. The van der Waals surface area contributed by atoms with Crippen LogP contribution in [-0.2, 0) is 9.84 Å². The van der Waals surface area contributed by atoms with Crippen LogP contribution >= 0.6 is 0 Å². The number of nitriles is 1. The molecule has 1 saturated carbocycles. The zero-order chi connectivity index (χ0) is 14.6. The Hall–Kier alpha value is -1.41. The zero-order valence-electron chi connectivity index (χ0n) is 11.3. The van der Waals surface area contributed by atoms with E-state index >= 15 is 0 Å². The standard InChI is InChI=1S/C15H18FNO2S/c16-13-7-9-14(10-8-13)20(18,19)15(11-17)12-5-3-1-2-4-6-12/h7-10,12,15H,1-6H2. The molecule has 0 amide bonds. The third kappa shape index (κ3) is 3.18. The van der Waals surface area contributed by atoms with E-state index in [4.69, 9.17) is 0 Å². The molecule has 5 heteroatoms. The van der Waals surface area contributed by atoms with Crippen LogP contribution in [0.3, 0.4) is 0 Å². The molecule has 0 saturated heterocycles. The molecule has 3 nitrogen and oxygen atoms in total. The maximum absolute atomic E-state index is 12.9. The maximum Gasteiger partial charge on any atom is 0.194 e. The van der Waals surface area contributed by atoms with Crippen molar-refractivity contribution in [1.29, 1.82) is 5.26 Å². The van der Waals surface area contributed by atoms with Crippen LogP contribution in [0.2, 0.25) is 0 Å². The topological polar surface area (TPSA) is 57.9 Å². The monoisotopic (exact) mass is 295 g/mol. The second-order valence-corrected chi connectivity index (χ2v) is 7.37. The minimum absolute atomic E-state index is 0.0368. The van der Waals surface area contributed by atoms with Gasteiger partial charge in [-0.15, -0.1) is 0 Å². The van der Waals surface area contributed by atoms with Crippen LogP contribution in [0, 0.1) is 23.1 Å². The SMILES string of the molecule is N#CC(C1CCCCCC1)S(=O)(=O)c1ccc(F)cc1. The Morgan fingerprint density at radius 3 is 2.15 bits per heavy atom. The molecule has 1 fully saturated rings. The molecule has 1 aromatic carbocycles. The fourth-order valence-corrected chi connectivity index (χ4v) is 4.54. The van der Waals surface area contributed by atoms with E-state index in [0.29, 0.717) is 0 Å². The second kappa shape index (κ2) is 6.36. The van der Waals surface area contributed by atoms with Crippen LogP contribution < -0.4 is 0 Å². The summed E-state index contributed by atoms with van der Waals surface area (Å²) in [6.07, 6.45) is 5.71. The molecule has 0 heterocycles. The first-order valence-corrected chi connectivity index (χ1v) is 8.49. The van der Waals surface area contributed by atoms with Crippen LogP contribution in [0.4, 0.5) is 4.39 Å². The predicted octanol–water partition coefficient (Wildman–Crippen LogP) is 3.46. The van der Waals surface area contributed by atoms with Crippen LogP contribution in [-0.4, -0.2) is 13.7 Å². The molecule has 1 aromatic rings. The highest BCUT2D eigenvalue weighted by molar-refractivity contribution is 7.92. The second-order valence-electron chi connectivity index (χ2n) is 5.30. The molecule has 1 unspecified atom stereocenters. The predicted molar refractivity (Wildman–Crippen MR) is 74.2 cm³/mol. The first-order valence-electron chi connectivity index (χ1n) is 6.95. The van der Waals surface area contributed by atoms with Gasteiger partial charge in [0.15, 0.2) is 15.1 Å². The quantitative estimate of drug-likeness (QED) is 0.634. The van der Waals surface area contributed by atoms with Gasteiger partial charge in [-0.1, -0.05) is 25.7 Å². The number of rotatable bonds is 3. The molecule has 0 bridgehead atoms. The minimum Gasteiger partial charge on any atom is -0.222 e. The Balaban J connectivity index is 2.29. The van der Waals surface area contributed by atoms with Gasteiger partial charge in [-0.2, -0.15) is 5.26 Å². The lowest BCUT2D eigenvalue weighted by Gasteiger charge is -2.20. The van der Waals surface area contributed by atoms with Gasteiger partial charge < -0.3 is 0 Å². The smallest absolute Gasteiger partial charge is 0.194 e. The van der Waals surface area contributed by atoms with Crippen molar-refractivity contribution in [2.45, 2.75) is 48.7 Å². The van der Waals surface area contributed by atoms with E-state index < -0.39 is 20.9 Å². The van der Waals surface area contributed by atoms with Crippen molar-refractivity contribution in [3.8, 4) is 6.07 Å². The summed E-state index contributed by atoms with van der Waals surface area (Å²) >= 11 is 0. The number of hydrogen-bond acceptors (Lipinski definition) is 3. The molecular formula is C15H18FNO2S. The minimum atomic E-state index is -3.71. The Morgan fingerprint density at radius 1 is 1.10 bits per heavy atom. The van der Waals surface area contributed by atoms with Gasteiger partial charge in [0.1, 0.15) is 5.82 Å². The number of hydrogen-bond donors (Lipinski definition) is 0. The summed E-state index contributed by atoms with van der Waals surface area (Å²) in [5.74, 6) is -0.593. The van der Waals surface area contributed by atoms with Gasteiger partial charge in [0, 0.05) is 0 Å². The molecule has 1 aliphatic rings. The van der Waals surface area contributed by atoms with Gasteiger partial charge in [0.05, 0.1) is 11.0 Å². The van der Waals surface area contributed by atoms with Crippen LogP contribution in [0.15, 0.2) is 29.2 Å². The number of sulfone groups is 1. The third-order valence-corrected chi connectivity index (χ3v) is 6.02. The molecule has 0 aromatic heterocycles. The summed E-state index contributed by atoms with van der Waals surface area (Å²) in [5, 5.41) is 8.30. The van der Waals surface area contributed by atoms with Crippen molar-refractivity contribution in [2.75, 3.05) is 0 Å². The van der Waals surface area contributed by atoms with Crippen LogP contribution in [0.5, 0.6) is 0 Å². The van der Waals surface area contributed by atoms with Gasteiger partial charge in [0.2, 0.25) is 0 Å². The third-order valence-electron chi connectivity index (χ3n) is 3.93. The van der Waals surface area contributed by atoms with E-state index in [0.717, 1.165) is 50.7 Å². The first-order chi connectivity index (χ1) is 9.55. The maximum atomic E-state index is 12.9. The summed E-state index contributed by atoms with van der Waals surface area (Å²) < 4.78 is 38.0. The highest BCUT2D eigenvalue weighted by Gasteiger charge is 2.34. The summed E-state index contributed by atoms with van der Waals surface area (Å²) in [6.45, 7) is 0. The van der Waals surface area contributed by atoms with E-state index in [1.54, 1.807) is 0 Å². The van der Waals surface area contributed by atoms with E-state index in [9.17, 15) is 18.1 Å². The number of nitrogens with zero attached hydrogens (tertiary/aromatic N) is 1. The Bertz CT molecular complexity index is 581. The van der Waals surface area contributed by atoms with E-state index in [1.165, 1.54) is 12.1 Å². The van der Waals surface area contributed by atoms with Gasteiger partial charge in [0.25, 0.3) is 0 Å². The van der Waals surface area contributed by atoms with E-state index in [1.807, 2.05) is 6.07 Å². The van der Waals surface area contributed by atoms with Crippen molar-refractivity contribution >= 4 is 9.84 Å². The lowest BCUT2D eigenvalue weighted by atomic mass is 9.97. The highest BCUT2D eigenvalue weighted by Crippen LogP contribution is 2.31. The molecule has 1 atom stereocenters. The molecule has 20 heavy (non-hydrogen) atoms. The average Bonchev–Trinajstić information content (AvgIpc) is 2.69. The molecule has 108 valence electrons. The largest absolute Gasteiger partial charge is 0.222 e. The lowest BCUT2D eigenvalue weighted by Crippen LogP contribution is -2.28. The Morgan fingerprint density at radius 2 is 1.65 bits per heavy atom. The summed E-state index contributed by atoms with van der Waals surface area (Å²) in [5.41, 5.74) is 0. The first kappa shape index (κ1) is 15.0. The van der Waals surface area contributed by atoms with Gasteiger partial charge in [-0.25, -0.2) is 12.8 Å². The highest BCUT2D eigenvalue weighted by atomic mass is 32.2. The van der Waals surface area contributed by atoms with Crippen molar-refractivity contribution in [3.63, 3.8) is 0 Å². The lowest BCUT2D eigenvalue weighted by molar-refractivity contribution is 0.459. The van der Waals surface area contributed by atoms with Crippen molar-refractivity contribution in [1.82, 2.24) is 0 Å². The molecule has 1 aliphatic carbocycles. The fourth-order valence-electron chi connectivity index (χ4n) is 2.81. The Labute approximate surface area is 119 Å². The van der Waals surface area contributed by atoms with E-state index in [-0.39, 0.29) is 10.8 Å². The van der Waals surface area contributed by atoms with Crippen molar-refractivity contribution in [2.24, 2.45) is 5.92 Å². The fraction of sp³-hybridized carbons (Fsp3) is 0.533. The summed E-state index contributed by atoms with van der Waals surface area (Å²) in [6, 6.07) is 6.69. The molecule has 0 aliphatic heterocycles. The van der Waals surface area contributed by atoms with Crippen LogP contribution in [0.25, 0.3) is 0 Å². The molecule has 0 N–H and O–H groups in total. The zero-order valence-corrected chi connectivity index (χ0v) is 12.1. The van der Waals surface area contributed by atoms with Crippen molar-refractivity contribution in [3.05, 3.63) is 30.1 Å². The molecule has 0 radical (unpaired) electrons. The van der Waals surface area contributed by atoms with Crippen molar-refractivity contribution < 1.29 is 12.8 Å². The summed E-state index contributed by atoms with van der Waals surface area (Å²) in [7, 11) is -3.71.